The van der Waals surface area contributed by atoms with Crippen LogP contribution in [0.5, 0.6) is 0 Å². The average molecular weight is 270 g/mol. The van der Waals surface area contributed by atoms with Crippen molar-refractivity contribution in [1.82, 2.24) is 14.5 Å². The van der Waals surface area contributed by atoms with Gasteiger partial charge in [0, 0.05) is 13.1 Å². The summed E-state index contributed by atoms with van der Waals surface area (Å²) in [6.07, 6.45) is -1.43. The zero-order valence-corrected chi connectivity index (χ0v) is 10.3. The highest BCUT2D eigenvalue weighted by atomic mass is 19.4. The van der Waals surface area contributed by atoms with Crippen molar-refractivity contribution >= 4 is 17.1 Å². The van der Waals surface area contributed by atoms with Crippen molar-refractivity contribution in [1.29, 1.82) is 0 Å². The number of hydrogen-bond acceptors (Lipinski definition) is 3. The van der Waals surface area contributed by atoms with Crippen LogP contribution in [0.3, 0.4) is 0 Å². The maximum absolute atomic E-state index is 12.7. The first-order valence-corrected chi connectivity index (χ1v) is 6.14. The van der Waals surface area contributed by atoms with Crippen molar-refractivity contribution in [2.24, 2.45) is 0 Å². The van der Waals surface area contributed by atoms with Crippen LogP contribution in [0, 0.1) is 0 Å². The number of nitrogens with zero attached hydrogens (tertiary/aromatic N) is 3. The maximum atomic E-state index is 12.7. The summed E-state index contributed by atoms with van der Waals surface area (Å²) in [6, 6.07) is 2.55. The number of hydrogen-bond donors (Lipinski definition) is 1. The molecular weight excluding hydrogens is 257 g/mol. The molecule has 0 bridgehead atoms. The monoisotopic (exact) mass is 270 g/mol. The number of fused-ring (bicyclic) bond motifs is 1. The Balaban J connectivity index is 2.19. The molecule has 3 rings (SSSR count). The third kappa shape index (κ3) is 1.93. The maximum Gasteiger partial charge on any atom is 0.433 e. The Morgan fingerprint density at radius 2 is 2.00 bits per heavy atom. The zero-order chi connectivity index (χ0) is 13.6. The van der Waals surface area contributed by atoms with Gasteiger partial charge < -0.3 is 5.32 Å². The van der Waals surface area contributed by atoms with Crippen LogP contribution in [0.4, 0.5) is 19.1 Å². The molecule has 0 aromatic carbocycles. The lowest BCUT2D eigenvalue weighted by atomic mass is 9.93. The second-order valence-corrected chi connectivity index (χ2v) is 4.68. The number of aromatic nitrogens is 3. The molecule has 0 radical (unpaired) electrons. The fraction of sp³-hybridized carbons (Fsp3) is 0.500. The molecule has 7 heteroatoms. The van der Waals surface area contributed by atoms with Crippen molar-refractivity contribution in [3.05, 3.63) is 17.8 Å². The van der Waals surface area contributed by atoms with Crippen LogP contribution < -0.4 is 5.32 Å². The molecule has 2 aromatic heterocycles. The van der Waals surface area contributed by atoms with Gasteiger partial charge in [0.1, 0.15) is 11.2 Å². The lowest BCUT2D eigenvalue weighted by Gasteiger charge is -2.28. The van der Waals surface area contributed by atoms with Crippen molar-refractivity contribution < 1.29 is 13.2 Å². The summed E-state index contributed by atoms with van der Waals surface area (Å²) >= 11 is 0. The molecule has 1 saturated carbocycles. The minimum absolute atomic E-state index is 0.198. The first-order valence-electron chi connectivity index (χ1n) is 6.14. The van der Waals surface area contributed by atoms with Gasteiger partial charge in [0.25, 0.3) is 0 Å². The Hall–Kier alpha value is -1.79. The van der Waals surface area contributed by atoms with E-state index < -0.39 is 11.9 Å². The Labute approximate surface area is 107 Å². The first kappa shape index (κ1) is 12.3. The molecule has 0 amide bonds. The van der Waals surface area contributed by atoms with Gasteiger partial charge in [-0.3, -0.25) is 4.57 Å². The van der Waals surface area contributed by atoms with Crippen LogP contribution in [0.15, 0.2) is 12.1 Å². The van der Waals surface area contributed by atoms with E-state index in [-0.39, 0.29) is 6.04 Å². The summed E-state index contributed by atoms with van der Waals surface area (Å²) < 4.78 is 40.0. The molecule has 0 saturated heterocycles. The van der Waals surface area contributed by atoms with Crippen molar-refractivity contribution in [2.75, 3.05) is 12.4 Å². The van der Waals surface area contributed by atoms with Crippen molar-refractivity contribution in [3.8, 4) is 0 Å². The van der Waals surface area contributed by atoms with Crippen LogP contribution in [0.25, 0.3) is 11.2 Å². The van der Waals surface area contributed by atoms with Gasteiger partial charge in [0.05, 0.1) is 0 Å². The van der Waals surface area contributed by atoms with E-state index in [1.807, 2.05) is 0 Å². The van der Waals surface area contributed by atoms with Gasteiger partial charge in [-0.05, 0) is 31.4 Å². The van der Waals surface area contributed by atoms with Gasteiger partial charge in [0.2, 0.25) is 5.95 Å². The molecule has 102 valence electrons. The molecule has 1 N–H and O–H groups in total. The van der Waals surface area contributed by atoms with Crippen LogP contribution in [-0.2, 0) is 6.18 Å². The standard InChI is InChI=1S/C12H13F3N4/c1-16-11-17-8-5-6-9(12(13,14)15)18-10(8)19(11)7-3-2-4-7/h5-7H,2-4H2,1H3,(H,16,17). The number of nitrogens with one attached hydrogen (secondary N) is 1. The highest BCUT2D eigenvalue weighted by Crippen LogP contribution is 2.37. The molecule has 0 atom stereocenters. The predicted molar refractivity (Wildman–Crippen MR) is 65.0 cm³/mol. The van der Waals surface area contributed by atoms with E-state index in [2.05, 4.69) is 15.3 Å². The first-order chi connectivity index (χ1) is 9.00. The van der Waals surface area contributed by atoms with Crippen molar-refractivity contribution in [3.63, 3.8) is 0 Å². The van der Waals surface area contributed by atoms with Gasteiger partial charge in [-0.1, -0.05) is 0 Å². The molecule has 2 heterocycles. The molecule has 19 heavy (non-hydrogen) atoms. The van der Waals surface area contributed by atoms with E-state index in [4.69, 9.17) is 0 Å². The number of anilines is 1. The normalized spacial score (nSPS) is 16.6. The van der Waals surface area contributed by atoms with Crippen molar-refractivity contribution in [2.45, 2.75) is 31.5 Å². The van der Waals surface area contributed by atoms with E-state index in [9.17, 15) is 13.2 Å². The van der Waals surface area contributed by atoms with Crippen LogP contribution in [-0.4, -0.2) is 21.6 Å². The number of imidazole rings is 1. The van der Waals surface area contributed by atoms with E-state index in [1.165, 1.54) is 6.07 Å². The molecule has 1 aliphatic rings. The average Bonchev–Trinajstić information content (AvgIpc) is 2.64. The number of alkyl halides is 3. The highest BCUT2D eigenvalue weighted by Gasteiger charge is 2.34. The number of halogens is 3. The number of pyridine rings is 1. The summed E-state index contributed by atoms with van der Waals surface area (Å²) in [4.78, 5) is 8.03. The quantitative estimate of drug-likeness (QED) is 0.911. The van der Waals surface area contributed by atoms with Gasteiger partial charge in [0.15, 0.2) is 5.65 Å². The van der Waals surface area contributed by atoms with Crippen LogP contribution in [0.2, 0.25) is 0 Å². The molecular formula is C12H13F3N4. The Morgan fingerprint density at radius 3 is 2.53 bits per heavy atom. The summed E-state index contributed by atoms with van der Waals surface area (Å²) in [5, 5.41) is 2.92. The third-order valence-corrected chi connectivity index (χ3v) is 3.49. The summed E-state index contributed by atoms with van der Waals surface area (Å²) in [7, 11) is 1.71. The molecule has 4 nitrogen and oxygen atoms in total. The Kier molecular flexibility index (Phi) is 2.65. The van der Waals surface area contributed by atoms with Gasteiger partial charge in [-0.25, -0.2) is 9.97 Å². The van der Waals surface area contributed by atoms with Gasteiger partial charge >= 0.3 is 6.18 Å². The second kappa shape index (κ2) is 4.11. The van der Waals surface area contributed by atoms with E-state index >= 15 is 0 Å². The summed E-state index contributed by atoms with van der Waals surface area (Å²) in [5.74, 6) is 0.575. The largest absolute Gasteiger partial charge is 0.433 e. The Bertz CT molecular complexity index is 613. The van der Waals surface area contributed by atoms with Crippen LogP contribution in [0.1, 0.15) is 31.0 Å². The second-order valence-electron chi connectivity index (χ2n) is 4.68. The predicted octanol–water partition coefficient (Wildman–Crippen LogP) is 3.22. The minimum atomic E-state index is -4.43. The summed E-state index contributed by atoms with van der Waals surface area (Å²) in [5.41, 5.74) is -0.0729. The van der Waals surface area contributed by atoms with Gasteiger partial charge in [-0.2, -0.15) is 13.2 Å². The SMILES string of the molecule is CNc1nc2ccc(C(F)(F)F)nc2n1C1CCC1. The van der Waals surface area contributed by atoms with E-state index in [0.29, 0.717) is 17.1 Å². The fourth-order valence-electron chi connectivity index (χ4n) is 2.30. The van der Waals surface area contributed by atoms with Gasteiger partial charge in [-0.15, -0.1) is 0 Å². The molecule has 2 aromatic rings. The molecule has 0 aliphatic heterocycles. The topological polar surface area (TPSA) is 42.7 Å². The molecule has 1 fully saturated rings. The minimum Gasteiger partial charge on any atom is -0.359 e. The molecule has 1 aliphatic carbocycles. The lowest BCUT2D eigenvalue weighted by Crippen LogP contribution is -2.19. The molecule has 0 unspecified atom stereocenters. The van der Waals surface area contributed by atoms with Crippen LogP contribution >= 0.6 is 0 Å². The van der Waals surface area contributed by atoms with E-state index in [1.54, 1.807) is 11.6 Å². The summed E-state index contributed by atoms with van der Waals surface area (Å²) in [6.45, 7) is 0. The third-order valence-electron chi connectivity index (χ3n) is 3.49. The molecule has 0 spiro atoms. The zero-order valence-electron chi connectivity index (χ0n) is 10.3. The smallest absolute Gasteiger partial charge is 0.359 e. The van der Waals surface area contributed by atoms with E-state index in [0.717, 1.165) is 25.3 Å². The number of rotatable bonds is 2. The highest BCUT2D eigenvalue weighted by molar-refractivity contribution is 5.75. The lowest BCUT2D eigenvalue weighted by molar-refractivity contribution is -0.141. The fourth-order valence-corrected chi connectivity index (χ4v) is 2.30. The Morgan fingerprint density at radius 1 is 1.26 bits per heavy atom.